The molecule has 2 heterocycles. The lowest BCUT2D eigenvalue weighted by atomic mass is 10.0. The monoisotopic (exact) mass is 1070 g/mol. The molecule has 0 aliphatic carbocycles. The van der Waals surface area contributed by atoms with E-state index in [1.807, 2.05) is 0 Å². The minimum absolute atomic E-state index is 0.0128. The Morgan fingerprint density at radius 2 is 1.34 bits per heavy atom. The van der Waals surface area contributed by atoms with Crippen molar-refractivity contribution in [2.75, 3.05) is 31.1 Å². The molecule has 11 amide bonds. The molecule has 2 aliphatic heterocycles. The van der Waals surface area contributed by atoms with E-state index in [9.17, 15) is 57.8 Å². The van der Waals surface area contributed by atoms with Crippen molar-refractivity contribution in [3.05, 3.63) is 65.7 Å². The van der Waals surface area contributed by atoms with Crippen LogP contribution in [0.3, 0.4) is 0 Å². The third-order valence-corrected chi connectivity index (χ3v) is 13.9. The van der Waals surface area contributed by atoms with Crippen molar-refractivity contribution in [1.29, 1.82) is 0 Å². The molecule has 26 nitrogen and oxygen atoms in total. The van der Waals surface area contributed by atoms with Crippen LogP contribution < -0.4 is 65.9 Å². The molecule has 0 saturated carbocycles. The summed E-state index contributed by atoms with van der Waals surface area (Å²) < 4.78 is 0. The summed E-state index contributed by atoms with van der Waals surface area (Å²) in [6.07, 6.45) is -1.34. The van der Waals surface area contributed by atoms with Gasteiger partial charge in [-0.05, 0) is 55.4 Å². The van der Waals surface area contributed by atoms with Gasteiger partial charge in [0.1, 0.15) is 48.0 Å². The number of likely N-dealkylation sites (tertiary alicyclic amines) is 1. The number of benzene rings is 2. The van der Waals surface area contributed by atoms with Crippen LogP contribution in [0.5, 0.6) is 5.75 Å². The van der Waals surface area contributed by atoms with E-state index in [0.29, 0.717) is 17.5 Å². The van der Waals surface area contributed by atoms with Gasteiger partial charge in [0.2, 0.25) is 65.0 Å². The molecule has 0 radical (unpaired) electrons. The van der Waals surface area contributed by atoms with Crippen LogP contribution in [0.1, 0.15) is 62.5 Å². The molecular weight excluding hydrogens is 1000 g/mol. The summed E-state index contributed by atoms with van der Waals surface area (Å²) in [5.74, 6) is -9.75. The number of aliphatic imine (C=N–C) groups is 1. The fraction of sp³-hybridized carbons (Fsp3) is 0.478. The third kappa shape index (κ3) is 20.1. The zero-order chi connectivity index (χ0) is 54.3. The smallest absolute Gasteiger partial charge is 0.246 e. The van der Waals surface area contributed by atoms with Gasteiger partial charge in [0.15, 0.2) is 5.96 Å². The van der Waals surface area contributed by atoms with E-state index >= 15 is 0 Å². The molecule has 3 unspecified atom stereocenters. The quantitative estimate of drug-likeness (QED) is 0.0274. The topological polar surface area (TPSA) is 438 Å². The molecular formula is C46H64N14O12S2. The Bertz CT molecular complexity index is 2380. The Labute approximate surface area is 433 Å². The first-order valence-electron chi connectivity index (χ1n) is 23.6. The number of carbonyl (C=O) groups is 11. The SMILES string of the molecule is NC(=O)CCC1NC(=O)[C@H](Cc2ccccc2)NC(=O)C(Cc2ccc(O)cc2)NC(=O)CCSSC[C@@H](C(=O)N2CCC[C@H]2C(=O)N[C@H](CCCN=C(N)N)C(=O)NCC(N)=O)NC(=O)C(CC(N)=O)NC1=O. The molecule has 2 saturated heterocycles. The number of phenolic OH excluding ortho intramolecular Hbond substituents is 1. The van der Waals surface area contributed by atoms with Gasteiger partial charge in [-0.1, -0.05) is 64.1 Å². The number of rotatable bonds is 19. The van der Waals surface area contributed by atoms with Crippen molar-refractivity contribution in [2.45, 2.75) is 107 Å². The van der Waals surface area contributed by atoms with Gasteiger partial charge in [0, 0.05) is 50.3 Å². The maximum atomic E-state index is 14.6. The summed E-state index contributed by atoms with van der Waals surface area (Å²) in [6.45, 7) is -0.402. The fourth-order valence-corrected chi connectivity index (χ4v) is 9.93. The predicted octanol–water partition coefficient (Wildman–Crippen LogP) is -4.34. The first-order valence-corrected chi connectivity index (χ1v) is 26.0. The van der Waals surface area contributed by atoms with Gasteiger partial charge in [0.05, 0.1) is 13.0 Å². The van der Waals surface area contributed by atoms with Crippen LogP contribution in [0, 0.1) is 0 Å². The van der Waals surface area contributed by atoms with Crippen LogP contribution in [-0.2, 0) is 65.6 Å². The third-order valence-electron chi connectivity index (χ3n) is 11.5. The molecule has 0 bridgehead atoms. The number of guanidine groups is 1. The molecule has 2 fully saturated rings. The van der Waals surface area contributed by atoms with E-state index in [4.69, 9.17) is 28.7 Å². The molecule has 7 atom stereocenters. The largest absolute Gasteiger partial charge is 0.508 e. The Morgan fingerprint density at radius 3 is 1.97 bits per heavy atom. The van der Waals surface area contributed by atoms with Crippen molar-refractivity contribution >= 4 is 92.5 Å². The fourth-order valence-electron chi connectivity index (χ4n) is 7.78. The molecule has 74 heavy (non-hydrogen) atoms. The first-order chi connectivity index (χ1) is 35.2. The highest BCUT2D eigenvalue weighted by atomic mass is 33.1. The van der Waals surface area contributed by atoms with Crippen LogP contribution in [-0.4, -0.2) is 154 Å². The number of hydrogen-bond acceptors (Lipinski definition) is 15. The number of nitrogens with one attached hydrogen (secondary N) is 7. The lowest BCUT2D eigenvalue weighted by Gasteiger charge is -2.31. The number of aromatic hydroxyl groups is 1. The van der Waals surface area contributed by atoms with Crippen molar-refractivity contribution in [3.8, 4) is 5.75 Å². The Morgan fingerprint density at radius 1 is 0.730 bits per heavy atom. The van der Waals surface area contributed by atoms with Gasteiger partial charge in [-0.15, -0.1) is 0 Å². The van der Waals surface area contributed by atoms with E-state index < -0.39 is 133 Å². The lowest BCUT2D eigenvalue weighted by molar-refractivity contribution is -0.142. The van der Waals surface area contributed by atoms with Gasteiger partial charge in [-0.25, -0.2) is 0 Å². The highest BCUT2D eigenvalue weighted by molar-refractivity contribution is 8.76. The number of nitrogens with zero attached hydrogens (tertiary/aromatic N) is 2. The van der Waals surface area contributed by atoms with Crippen molar-refractivity contribution in [2.24, 2.45) is 33.7 Å². The Kier molecular flexibility index (Phi) is 23.7. The van der Waals surface area contributed by atoms with Gasteiger partial charge < -0.3 is 75.9 Å². The average molecular weight is 1070 g/mol. The minimum atomic E-state index is -1.77. The number of carbonyl (C=O) groups excluding carboxylic acids is 11. The molecule has 4 rings (SSSR count). The number of primary amides is 3. The van der Waals surface area contributed by atoms with Crippen LogP contribution in [0.4, 0.5) is 0 Å². The average Bonchev–Trinajstić information content (AvgIpc) is 3.85. The molecule has 2 aromatic rings. The van der Waals surface area contributed by atoms with E-state index in [-0.39, 0.29) is 74.8 Å². The molecule has 2 aliphatic rings. The van der Waals surface area contributed by atoms with Gasteiger partial charge in [-0.3, -0.25) is 57.7 Å². The Hall–Kier alpha value is -7.62. The molecule has 18 N–H and O–H groups in total. The van der Waals surface area contributed by atoms with E-state index in [2.05, 4.69) is 42.2 Å². The zero-order valence-electron chi connectivity index (χ0n) is 40.4. The van der Waals surface area contributed by atoms with E-state index in [0.717, 1.165) is 21.6 Å². The van der Waals surface area contributed by atoms with Gasteiger partial charge >= 0.3 is 0 Å². The van der Waals surface area contributed by atoms with Crippen molar-refractivity contribution in [3.63, 3.8) is 0 Å². The van der Waals surface area contributed by atoms with Crippen LogP contribution >= 0.6 is 21.6 Å². The second-order valence-electron chi connectivity index (χ2n) is 17.3. The predicted molar refractivity (Wildman–Crippen MR) is 272 cm³/mol. The Balaban J connectivity index is 1.68. The second-order valence-corrected chi connectivity index (χ2v) is 20.0. The number of hydrogen-bond donors (Lipinski definition) is 13. The first kappa shape index (κ1) is 58.9. The van der Waals surface area contributed by atoms with Crippen molar-refractivity contribution in [1.82, 2.24) is 42.1 Å². The molecule has 2 aromatic carbocycles. The molecule has 402 valence electrons. The van der Waals surface area contributed by atoms with Gasteiger partial charge in [0.25, 0.3) is 0 Å². The highest BCUT2D eigenvalue weighted by Gasteiger charge is 2.40. The number of amides is 11. The highest BCUT2D eigenvalue weighted by Crippen LogP contribution is 2.26. The van der Waals surface area contributed by atoms with Crippen LogP contribution in [0.2, 0.25) is 0 Å². The summed E-state index contributed by atoms with van der Waals surface area (Å²) in [5.41, 5.74) is 28.1. The summed E-state index contributed by atoms with van der Waals surface area (Å²) in [5, 5.41) is 27.8. The van der Waals surface area contributed by atoms with Gasteiger partial charge in [-0.2, -0.15) is 0 Å². The lowest BCUT2D eigenvalue weighted by Crippen LogP contribution is -2.61. The number of phenols is 1. The summed E-state index contributed by atoms with van der Waals surface area (Å²) in [4.78, 5) is 153. The molecule has 28 heteroatoms. The second kappa shape index (κ2) is 29.8. The molecule has 0 spiro atoms. The number of nitrogens with two attached hydrogens (primary N) is 5. The summed E-state index contributed by atoms with van der Waals surface area (Å²) in [6, 6.07) is 4.52. The summed E-state index contributed by atoms with van der Waals surface area (Å²) in [7, 11) is 2.19. The van der Waals surface area contributed by atoms with Crippen LogP contribution in [0.15, 0.2) is 59.6 Å². The minimum Gasteiger partial charge on any atom is -0.508 e. The standard InChI is InChI=1S/C46H64N14O12S2/c47-35(62)15-14-29-40(67)58-32(22-36(48)63)43(70)59-33(45(72)60-18-5-9-34(60)44(71)56-28(8-4-17-52-46(50)51)39(66)53-23-37(49)64)24-74-73-19-16-38(65)54-30(21-26-10-12-27(61)13-11-26)41(68)57-31(42(69)55-29)20-25-6-2-1-3-7-25/h1-3,6-7,10-13,28-34,61H,4-5,8-9,14-24H2,(H2,47,62)(H2,48,63)(H2,49,64)(H,53,66)(H,54,65)(H,55,69)(H,56,71)(H,57,68)(H,58,67)(H,59,70)(H4,50,51,52)/t28-,29?,30?,31+,32?,33+,34+/m1/s1. The van der Waals surface area contributed by atoms with E-state index in [1.54, 1.807) is 42.5 Å². The maximum absolute atomic E-state index is 14.6. The normalized spacial score (nSPS) is 21.7. The maximum Gasteiger partial charge on any atom is 0.246 e. The molecule has 0 aromatic heterocycles. The van der Waals surface area contributed by atoms with E-state index in [1.165, 1.54) is 17.0 Å². The van der Waals surface area contributed by atoms with Crippen molar-refractivity contribution < 1.29 is 57.8 Å². The summed E-state index contributed by atoms with van der Waals surface area (Å²) >= 11 is 0. The van der Waals surface area contributed by atoms with Crippen LogP contribution in [0.25, 0.3) is 0 Å². The zero-order valence-corrected chi connectivity index (χ0v) is 42.0.